The number of carbonyl (C=O) groups excluding carboxylic acids is 2. The lowest BCUT2D eigenvalue weighted by atomic mass is 10.0. The van der Waals surface area contributed by atoms with Crippen molar-refractivity contribution in [3.63, 3.8) is 0 Å². The summed E-state index contributed by atoms with van der Waals surface area (Å²) in [4.78, 5) is 23.2. The van der Waals surface area contributed by atoms with Gasteiger partial charge in [0.25, 0.3) is 0 Å². The third-order valence-electron chi connectivity index (χ3n) is 2.61. The number of aryl methyl sites for hydroxylation is 2. The Hall–Kier alpha value is -1.90. The van der Waals surface area contributed by atoms with Crippen LogP contribution in [0.3, 0.4) is 0 Å². The van der Waals surface area contributed by atoms with Crippen LogP contribution in [0, 0.1) is 13.8 Å². The van der Waals surface area contributed by atoms with Crippen molar-refractivity contribution < 1.29 is 14.3 Å². The average molecular weight is 246 g/mol. The fourth-order valence-electron chi connectivity index (χ4n) is 1.58. The first kappa shape index (κ1) is 14.2. The standard InChI is InChI=1S/C15H18O3/c1-5-18-15(17)14(12(4)16)9-13-8-10(2)6-7-11(13)3/h6-9H,5H2,1-4H3. The summed E-state index contributed by atoms with van der Waals surface area (Å²) in [6, 6.07) is 5.89. The fraction of sp³-hybridized carbons (Fsp3) is 0.333. The Morgan fingerprint density at radius 2 is 1.94 bits per heavy atom. The molecule has 0 saturated carbocycles. The maximum Gasteiger partial charge on any atom is 0.341 e. The predicted molar refractivity (Wildman–Crippen MR) is 71.2 cm³/mol. The second kappa shape index (κ2) is 6.15. The van der Waals surface area contributed by atoms with E-state index >= 15 is 0 Å². The van der Waals surface area contributed by atoms with Crippen LogP contribution in [-0.2, 0) is 14.3 Å². The third kappa shape index (κ3) is 3.55. The van der Waals surface area contributed by atoms with E-state index in [1.165, 1.54) is 6.92 Å². The molecule has 18 heavy (non-hydrogen) atoms. The molecule has 0 heterocycles. The van der Waals surface area contributed by atoms with E-state index in [1.807, 2.05) is 32.0 Å². The lowest BCUT2D eigenvalue weighted by Crippen LogP contribution is -2.13. The van der Waals surface area contributed by atoms with Crippen LogP contribution in [0.2, 0.25) is 0 Å². The lowest BCUT2D eigenvalue weighted by Gasteiger charge is -2.06. The smallest absolute Gasteiger partial charge is 0.341 e. The van der Waals surface area contributed by atoms with Gasteiger partial charge in [-0.05, 0) is 44.9 Å². The number of carbonyl (C=O) groups is 2. The van der Waals surface area contributed by atoms with Crippen LogP contribution in [-0.4, -0.2) is 18.4 Å². The van der Waals surface area contributed by atoms with E-state index in [9.17, 15) is 9.59 Å². The molecule has 0 amide bonds. The number of hydrogen-bond donors (Lipinski definition) is 0. The normalized spacial score (nSPS) is 11.2. The molecule has 0 spiro atoms. The van der Waals surface area contributed by atoms with E-state index in [0.717, 1.165) is 16.7 Å². The van der Waals surface area contributed by atoms with Crippen molar-refractivity contribution in [2.24, 2.45) is 0 Å². The van der Waals surface area contributed by atoms with Crippen LogP contribution in [0.15, 0.2) is 23.8 Å². The van der Waals surface area contributed by atoms with Crippen LogP contribution >= 0.6 is 0 Å². The molecule has 1 aromatic carbocycles. The van der Waals surface area contributed by atoms with Gasteiger partial charge in [0.2, 0.25) is 0 Å². The molecule has 96 valence electrons. The summed E-state index contributed by atoms with van der Waals surface area (Å²) >= 11 is 0. The molecule has 0 atom stereocenters. The third-order valence-corrected chi connectivity index (χ3v) is 2.61. The molecule has 0 aliphatic rings. The van der Waals surface area contributed by atoms with Gasteiger partial charge in [-0.1, -0.05) is 23.8 Å². The molecule has 0 aliphatic heterocycles. The summed E-state index contributed by atoms with van der Waals surface area (Å²) < 4.78 is 4.88. The zero-order valence-corrected chi connectivity index (χ0v) is 11.2. The SMILES string of the molecule is CCOC(=O)C(=Cc1cc(C)ccc1C)C(C)=O. The van der Waals surface area contributed by atoms with Crippen LogP contribution in [0.1, 0.15) is 30.5 Å². The van der Waals surface area contributed by atoms with Gasteiger partial charge in [-0.25, -0.2) is 4.79 Å². The molecule has 1 aromatic rings. The maximum atomic E-state index is 11.7. The van der Waals surface area contributed by atoms with Gasteiger partial charge in [0, 0.05) is 0 Å². The van der Waals surface area contributed by atoms with E-state index in [0.29, 0.717) is 0 Å². The molecule has 0 radical (unpaired) electrons. The summed E-state index contributed by atoms with van der Waals surface area (Å²) in [6.07, 6.45) is 1.60. The van der Waals surface area contributed by atoms with Crippen molar-refractivity contribution in [3.8, 4) is 0 Å². The van der Waals surface area contributed by atoms with E-state index in [-0.39, 0.29) is 18.0 Å². The minimum absolute atomic E-state index is 0.0885. The van der Waals surface area contributed by atoms with E-state index in [2.05, 4.69) is 0 Å². The molecule has 0 fully saturated rings. The fourth-order valence-corrected chi connectivity index (χ4v) is 1.58. The van der Waals surface area contributed by atoms with Crippen molar-refractivity contribution in [1.29, 1.82) is 0 Å². The summed E-state index contributed by atoms with van der Waals surface area (Å²) in [5.41, 5.74) is 3.06. The van der Waals surface area contributed by atoms with Gasteiger partial charge in [0.05, 0.1) is 6.61 Å². The summed E-state index contributed by atoms with van der Waals surface area (Å²) in [6.45, 7) is 7.25. The van der Waals surface area contributed by atoms with Gasteiger partial charge in [-0.15, -0.1) is 0 Å². The molecule has 0 saturated heterocycles. The zero-order valence-electron chi connectivity index (χ0n) is 11.2. The second-order valence-electron chi connectivity index (χ2n) is 4.19. The average Bonchev–Trinajstić information content (AvgIpc) is 2.30. The quantitative estimate of drug-likeness (QED) is 0.355. The Kier molecular flexibility index (Phi) is 4.84. The predicted octanol–water partition coefficient (Wildman–Crippen LogP) is 2.84. The Morgan fingerprint density at radius 1 is 1.28 bits per heavy atom. The van der Waals surface area contributed by atoms with Crippen LogP contribution < -0.4 is 0 Å². The molecule has 1 rings (SSSR count). The summed E-state index contributed by atoms with van der Waals surface area (Å²) in [7, 11) is 0. The number of Topliss-reactive ketones (excluding diaryl/α,β-unsaturated/α-hetero) is 1. The van der Waals surface area contributed by atoms with Gasteiger partial charge in [0.1, 0.15) is 5.57 Å². The van der Waals surface area contributed by atoms with Crippen molar-refractivity contribution in [2.45, 2.75) is 27.7 Å². The van der Waals surface area contributed by atoms with Gasteiger partial charge in [0.15, 0.2) is 5.78 Å². The highest BCUT2D eigenvalue weighted by Crippen LogP contribution is 2.16. The maximum absolute atomic E-state index is 11.7. The number of rotatable bonds is 4. The number of hydrogen-bond acceptors (Lipinski definition) is 3. The first-order chi connectivity index (χ1) is 8.45. The first-order valence-electron chi connectivity index (χ1n) is 5.92. The minimum atomic E-state index is -0.564. The van der Waals surface area contributed by atoms with E-state index in [4.69, 9.17) is 4.74 Å². The van der Waals surface area contributed by atoms with E-state index in [1.54, 1.807) is 13.0 Å². The van der Waals surface area contributed by atoms with Crippen LogP contribution in [0.4, 0.5) is 0 Å². The molecule has 0 unspecified atom stereocenters. The summed E-state index contributed by atoms with van der Waals surface area (Å²) in [5.74, 6) is -0.847. The first-order valence-corrected chi connectivity index (χ1v) is 5.92. The topological polar surface area (TPSA) is 43.4 Å². The van der Waals surface area contributed by atoms with Crippen LogP contribution in [0.5, 0.6) is 0 Å². The molecule has 0 aliphatic carbocycles. The molecule has 3 heteroatoms. The summed E-state index contributed by atoms with van der Waals surface area (Å²) in [5, 5.41) is 0. The molecular formula is C15H18O3. The van der Waals surface area contributed by atoms with E-state index < -0.39 is 5.97 Å². The number of ether oxygens (including phenoxy) is 1. The molecule has 0 aromatic heterocycles. The Balaban J connectivity index is 3.20. The largest absolute Gasteiger partial charge is 0.462 e. The molecular weight excluding hydrogens is 228 g/mol. The Morgan fingerprint density at radius 3 is 2.50 bits per heavy atom. The van der Waals surface area contributed by atoms with Crippen molar-refractivity contribution in [3.05, 3.63) is 40.5 Å². The second-order valence-corrected chi connectivity index (χ2v) is 4.19. The molecule has 3 nitrogen and oxygen atoms in total. The number of esters is 1. The van der Waals surface area contributed by atoms with Gasteiger partial charge < -0.3 is 4.74 Å². The van der Waals surface area contributed by atoms with Crippen molar-refractivity contribution >= 4 is 17.8 Å². The Labute approximate surface area is 107 Å². The lowest BCUT2D eigenvalue weighted by molar-refractivity contribution is -0.139. The van der Waals surface area contributed by atoms with Gasteiger partial charge in [-0.3, -0.25) is 4.79 Å². The highest BCUT2D eigenvalue weighted by atomic mass is 16.5. The number of benzene rings is 1. The van der Waals surface area contributed by atoms with Gasteiger partial charge >= 0.3 is 5.97 Å². The highest BCUT2D eigenvalue weighted by Gasteiger charge is 2.15. The van der Waals surface area contributed by atoms with Gasteiger partial charge in [-0.2, -0.15) is 0 Å². The van der Waals surface area contributed by atoms with Crippen molar-refractivity contribution in [2.75, 3.05) is 6.61 Å². The zero-order chi connectivity index (χ0) is 13.7. The number of ketones is 1. The Bertz CT molecular complexity index is 498. The van der Waals surface area contributed by atoms with Crippen molar-refractivity contribution in [1.82, 2.24) is 0 Å². The van der Waals surface area contributed by atoms with Crippen LogP contribution in [0.25, 0.3) is 6.08 Å². The minimum Gasteiger partial charge on any atom is -0.462 e. The molecule has 0 bridgehead atoms. The monoisotopic (exact) mass is 246 g/mol. The molecule has 0 N–H and O–H groups in total. The highest BCUT2D eigenvalue weighted by molar-refractivity contribution is 6.19.